The molecule has 2 rings (SSSR count). The smallest absolute Gasteiger partial charge is 0.240 e. The van der Waals surface area contributed by atoms with Gasteiger partial charge in [0.05, 0.1) is 13.1 Å². The molecule has 0 radical (unpaired) electrons. The van der Waals surface area contributed by atoms with Crippen LogP contribution in [0.3, 0.4) is 0 Å². The largest absolute Gasteiger partial charge is 0.367 e. The fourth-order valence-corrected chi connectivity index (χ4v) is 2.69. The lowest BCUT2D eigenvalue weighted by molar-refractivity contribution is -0.0847. The molecule has 1 aliphatic rings. The molecule has 1 saturated carbocycles. The third-order valence-electron chi connectivity index (χ3n) is 3.88. The van der Waals surface area contributed by atoms with E-state index in [2.05, 4.69) is 28.3 Å². The van der Waals surface area contributed by atoms with Crippen LogP contribution in [0.25, 0.3) is 0 Å². The van der Waals surface area contributed by atoms with E-state index >= 15 is 0 Å². The van der Waals surface area contributed by atoms with Crippen LogP contribution in [0, 0.1) is 18.3 Å². The maximum Gasteiger partial charge on any atom is 0.240 e. The van der Waals surface area contributed by atoms with Crippen molar-refractivity contribution in [1.82, 2.24) is 15.5 Å². The minimum absolute atomic E-state index is 0.366. The summed E-state index contributed by atoms with van der Waals surface area (Å²) in [6.07, 6.45) is 9.38. The van der Waals surface area contributed by atoms with Gasteiger partial charge >= 0.3 is 0 Å². The summed E-state index contributed by atoms with van der Waals surface area (Å²) in [5, 5.41) is 7.18. The number of ether oxygens (including phenoxy) is 1. The molecule has 0 amide bonds. The summed E-state index contributed by atoms with van der Waals surface area (Å²) >= 11 is 0. The molecule has 0 bridgehead atoms. The predicted molar refractivity (Wildman–Crippen MR) is 75.8 cm³/mol. The van der Waals surface area contributed by atoms with E-state index in [4.69, 9.17) is 15.7 Å². The van der Waals surface area contributed by atoms with Gasteiger partial charge in [-0.15, -0.1) is 6.42 Å². The lowest BCUT2D eigenvalue weighted by Gasteiger charge is -2.36. The van der Waals surface area contributed by atoms with Crippen molar-refractivity contribution >= 4 is 0 Å². The van der Waals surface area contributed by atoms with E-state index in [-0.39, 0.29) is 5.60 Å². The van der Waals surface area contributed by atoms with Gasteiger partial charge in [-0.2, -0.15) is 4.98 Å². The molecule has 1 aromatic rings. The van der Waals surface area contributed by atoms with Crippen LogP contribution in [0.2, 0.25) is 0 Å². The van der Waals surface area contributed by atoms with E-state index in [9.17, 15) is 0 Å². The topological polar surface area (TPSA) is 60.2 Å². The lowest BCUT2D eigenvalue weighted by Crippen LogP contribution is -2.35. The Morgan fingerprint density at radius 2 is 2.25 bits per heavy atom. The maximum absolute atomic E-state index is 6.01. The van der Waals surface area contributed by atoms with Crippen molar-refractivity contribution in [3.05, 3.63) is 11.7 Å². The molecule has 0 unspecified atom stereocenters. The first-order chi connectivity index (χ1) is 9.70. The van der Waals surface area contributed by atoms with Crippen molar-refractivity contribution in [2.24, 2.45) is 5.92 Å². The van der Waals surface area contributed by atoms with E-state index < -0.39 is 0 Å². The van der Waals surface area contributed by atoms with E-state index in [1.165, 1.54) is 0 Å². The maximum atomic E-state index is 6.01. The van der Waals surface area contributed by atoms with Crippen LogP contribution >= 0.6 is 0 Å². The van der Waals surface area contributed by atoms with Gasteiger partial charge < -0.3 is 9.26 Å². The van der Waals surface area contributed by atoms with E-state index in [0.29, 0.717) is 31.4 Å². The zero-order valence-electron chi connectivity index (χ0n) is 12.3. The molecule has 1 aliphatic carbocycles. The van der Waals surface area contributed by atoms with Crippen molar-refractivity contribution in [2.75, 3.05) is 13.2 Å². The highest BCUT2D eigenvalue weighted by Gasteiger charge is 2.40. The molecule has 20 heavy (non-hydrogen) atoms. The van der Waals surface area contributed by atoms with Gasteiger partial charge in [0.1, 0.15) is 5.60 Å². The van der Waals surface area contributed by atoms with Crippen LogP contribution in [0.15, 0.2) is 4.52 Å². The Labute approximate surface area is 120 Å². The Kier molecular flexibility index (Phi) is 5.16. The molecule has 0 saturated heterocycles. The Morgan fingerprint density at radius 3 is 2.90 bits per heavy atom. The molecule has 1 N–H and O–H groups in total. The van der Waals surface area contributed by atoms with Crippen molar-refractivity contribution in [3.63, 3.8) is 0 Å². The van der Waals surface area contributed by atoms with Crippen LogP contribution in [0.5, 0.6) is 0 Å². The third kappa shape index (κ3) is 3.38. The highest BCUT2D eigenvalue weighted by molar-refractivity contribution is 5.04. The molecular weight excluding hydrogens is 254 g/mol. The fourth-order valence-electron chi connectivity index (χ4n) is 2.69. The van der Waals surface area contributed by atoms with E-state index in [0.717, 1.165) is 31.6 Å². The highest BCUT2D eigenvalue weighted by Crippen LogP contribution is 2.41. The van der Waals surface area contributed by atoms with Crippen LogP contribution in [0.1, 0.15) is 51.2 Å². The van der Waals surface area contributed by atoms with Gasteiger partial charge in [-0.3, -0.25) is 5.32 Å². The number of aromatic nitrogens is 2. The minimum Gasteiger partial charge on any atom is -0.367 e. The number of nitrogens with one attached hydrogen (secondary N) is 1. The number of hydrogen-bond donors (Lipinski definition) is 1. The Bertz CT molecular complexity index is 456. The van der Waals surface area contributed by atoms with Crippen LogP contribution < -0.4 is 5.32 Å². The molecule has 5 heteroatoms. The Morgan fingerprint density at radius 1 is 1.50 bits per heavy atom. The highest BCUT2D eigenvalue weighted by atomic mass is 16.5. The lowest BCUT2D eigenvalue weighted by atomic mass is 9.79. The average Bonchev–Trinajstić information content (AvgIpc) is 2.92. The summed E-state index contributed by atoms with van der Waals surface area (Å²) in [6.45, 7) is 5.94. The Hall–Kier alpha value is -1.38. The van der Waals surface area contributed by atoms with Crippen molar-refractivity contribution in [1.29, 1.82) is 0 Å². The molecular formula is C15H23N3O2. The van der Waals surface area contributed by atoms with Gasteiger partial charge in [0, 0.05) is 6.61 Å². The SMILES string of the molecule is C#CCNCc1nc(C2(OCC)CCC(C)CC2)no1. The monoisotopic (exact) mass is 277 g/mol. The molecule has 0 spiro atoms. The van der Waals surface area contributed by atoms with Crippen LogP contribution in [0.4, 0.5) is 0 Å². The number of terminal acetylenes is 1. The molecule has 5 nitrogen and oxygen atoms in total. The first-order valence-corrected chi connectivity index (χ1v) is 7.31. The summed E-state index contributed by atoms with van der Waals surface area (Å²) in [5.74, 6) is 4.50. The third-order valence-corrected chi connectivity index (χ3v) is 3.88. The quantitative estimate of drug-likeness (QED) is 0.638. The molecule has 1 aromatic heterocycles. The number of hydrogen-bond acceptors (Lipinski definition) is 5. The zero-order chi connectivity index (χ0) is 14.4. The standard InChI is InChI=1S/C15H23N3O2/c1-4-10-16-11-13-17-14(18-20-13)15(19-5-2)8-6-12(3)7-9-15/h1,12,16H,5-11H2,2-3H3. The molecule has 1 fully saturated rings. The zero-order valence-corrected chi connectivity index (χ0v) is 12.3. The van der Waals surface area contributed by atoms with Gasteiger partial charge in [-0.1, -0.05) is 18.0 Å². The summed E-state index contributed by atoms with van der Waals surface area (Å²) in [6, 6.07) is 0. The van der Waals surface area contributed by atoms with Gasteiger partial charge in [0.2, 0.25) is 11.7 Å². The average molecular weight is 277 g/mol. The minimum atomic E-state index is -0.366. The predicted octanol–water partition coefficient (Wildman–Crippen LogP) is 2.23. The van der Waals surface area contributed by atoms with E-state index in [1.807, 2.05) is 6.92 Å². The fraction of sp³-hybridized carbons (Fsp3) is 0.733. The van der Waals surface area contributed by atoms with Crippen LogP contribution in [-0.4, -0.2) is 23.3 Å². The summed E-state index contributed by atoms with van der Waals surface area (Å²) < 4.78 is 11.3. The van der Waals surface area contributed by atoms with Gasteiger partial charge in [0.15, 0.2) is 0 Å². The summed E-state index contributed by atoms with van der Waals surface area (Å²) in [7, 11) is 0. The van der Waals surface area contributed by atoms with Gasteiger partial charge in [0.25, 0.3) is 0 Å². The normalized spacial score (nSPS) is 26.4. The second kappa shape index (κ2) is 6.87. The molecule has 1 heterocycles. The van der Waals surface area contributed by atoms with Crippen molar-refractivity contribution in [3.8, 4) is 12.3 Å². The Balaban J connectivity index is 2.08. The second-order valence-corrected chi connectivity index (χ2v) is 5.43. The van der Waals surface area contributed by atoms with Crippen molar-refractivity contribution < 1.29 is 9.26 Å². The number of rotatable bonds is 6. The van der Waals surface area contributed by atoms with Gasteiger partial charge in [-0.25, -0.2) is 0 Å². The summed E-state index contributed by atoms with van der Waals surface area (Å²) in [4.78, 5) is 4.49. The van der Waals surface area contributed by atoms with E-state index in [1.54, 1.807) is 0 Å². The first-order valence-electron chi connectivity index (χ1n) is 7.31. The summed E-state index contributed by atoms with van der Waals surface area (Å²) in [5.41, 5.74) is -0.366. The van der Waals surface area contributed by atoms with Crippen LogP contribution in [-0.2, 0) is 16.9 Å². The molecule has 110 valence electrons. The molecule has 0 aromatic carbocycles. The molecule has 0 atom stereocenters. The molecule has 0 aliphatic heterocycles. The second-order valence-electron chi connectivity index (χ2n) is 5.43. The first kappa shape index (κ1) is 15.0. The van der Waals surface area contributed by atoms with Gasteiger partial charge in [-0.05, 0) is 38.5 Å². The number of nitrogens with zero attached hydrogens (tertiary/aromatic N) is 2. The van der Waals surface area contributed by atoms with Crippen molar-refractivity contribution in [2.45, 2.75) is 51.7 Å².